The van der Waals surface area contributed by atoms with Gasteiger partial charge in [-0.2, -0.15) is 26.3 Å². The normalized spacial score (nSPS) is 12.7. The van der Waals surface area contributed by atoms with Crippen molar-refractivity contribution in [3.05, 3.63) is 124 Å². The van der Waals surface area contributed by atoms with Gasteiger partial charge >= 0.3 is 12.4 Å². The largest absolute Gasteiger partial charge is 0.417 e. The number of aliphatic imine (C=N–C) groups is 1. The van der Waals surface area contributed by atoms with Crippen LogP contribution in [0.25, 0.3) is 5.57 Å². The fourth-order valence-electron chi connectivity index (χ4n) is 3.65. The molecule has 5 nitrogen and oxygen atoms in total. The Kier molecular flexibility index (Phi) is 8.65. The molecule has 2 N–H and O–H groups in total. The minimum Gasteiger partial charge on any atom is -0.390 e. The van der Waals surface area contributed by atoms with Gasteiger partial charge < -0.3 is 5.73 Å². The number of nitrogens with zero attached hydrogens (tertiary/aromatic N) is 2. The third-order valence-electron chi connectivity index (χ3n) is 5.34. The van der Waals surface area contributed by atoms with E-state index in [1.165, 1.54) is 24.3 Å². The molecule has 0 aliphatic carbocycles. The minimum absolute atomic E-state index is 0.107. The molecule has 3 aromatic carbocycles. The quantitative estimate of drug-likeness (QED) is 0.113. The third kappa shape index (κ3) is 6.37. The number of carbonyl (C=O) groups is 2. The zero-order valence-electron chi connectivity index (χ0n) is 19.7. The van der Waals surface area contributed by atoms with E-state index in [1.54, 1.807) is 0 Å². The summed E-state index contributed by atoms with van der Waals surface area (Å²) in [5, 5.41) is 0.299. The van der Waals surface area contributed by atoms with Crippen molar-refractivity contribution in [3.63, 3.8) is 0 Å². The number of hydrogen-bond acceptors (Lipinski definition) is 3. The van der Waals surface area contributed by atoms with E-state index in [1.807, 2.05) is 0 Å². The van der Waals surface area contributed by atoms with Gasteiger partial charge in [-0.15, -0.1) is 0 Å². The number of imide groups is 1. The SMILES string of the molecule is C=C/C(=C(\N=CN)N(C(=O)c1ccccc1C(F)(F)F)C(=O)c1ccccc1C(F)(F)F)c1ccc(Cl)cc1. The lowest BCUT2D eigenvalue weighted by atomic mass is 10.0. The number of benzene rings is 3. The van der Waals surface area contributed by atoms with Gasteiger partial charge in [0.25, 0.3) is 11.8 Å². The number of allylic oxidation sites excluding steroid dienone is 2. The molecule has 0 bridgehead atoms. The molecule has 0 saturated heterocycles. The van der Waals surface area contributed by atoms with Crippen molar-refractivity contribution in [2.75, 3.05) is 0 Å². The average Bonchev–Trinajstić information content (AvgIpc) is 2.89. The summed E-state index contributed by atoms with van der Waals surface area (Å²) in [4.78, 5) is 31.4. The molecule has 0 saturated carbocycles. The fraction of sp³-hybridized carbons (Fsp3) is 0.0741. The molecule has 12 heteroatoms. The number of rotatable bonds is 6. The fourth-order valence-corrected chi connectivity index (χ4v) is 3.77. The van der Waals surface area contributed by atoms with E-state index < -0.39 is 52.2 Å². The number of amides is 2. The maximum absolute atomic E-state index is 13.8. The lowest BCUT2D eigenvalue weighted by molar-refractivity contribution is -0.138. The first-order valence-electron chi connectivity index (χ1n) is 10.9. The van der Waals surface area contributed by atoms with Crippen LogP contribution in [0.5, 0.6) is 0 Å². The van der Waals surface area contributed by atoms with Gasteiger partial charge in [0.2, 0.25) is 0 Å². The Hall–Kier alpha value is -4.38. The third-order valence-corrected chi connectivity index (χ3v) is 5.59. The number of hydrogen-bond donors (Lipinski definition) is 1. The first kappa shape index (κ1) is 29.2. The van der Waals surface area contributed by atoms with E-state index in [0.29, 0.717) is 23.5 Å². The monoisotopic (exact) mass is 565 g/mol. The van der Waals surface area contributed by atoms with Crippen LogP contribution in [-0.4, -0.2) is 23.1 Å². The van der Waals surface area contributed by atoms with Crippen molar-refractivity contribution in [1.29, 1.82) is 0 Å². The molecule has 3 rings (SSSR count). The zero-order valence-corrected chi connectivity index (χ0v) is 20.5. The highest BCUT2D eigenvalue weighted by Gasteiger charge is 2.41. The van der Waals surface area contributed by atoms with Gasteiger partial charge in [-0.05, 0) is 42.0 Å². The van der Waals surface area contributed by atoms with Gasteiger partial charge in [0.15, 0.2) is 5.82 Å². The highest BCUT2D eigenvalue weighted by atomic mass is 35.5. The van der Waals surface area contributed by atoms with Crippen LogP contribution in [0.1, 0.15) is 37.4 Å². The molecule has 3 aromatic rings. The Balaban J connectivity index is 2.41. The maximum Gasteiger partial charge on any atom is 0.417 e. The molecule has 0 aliphatic heterocycles. The maximum atomic E-state index is 13.8. The van der Waals surface area contributed by atoms with Crippen molar-refractivity contribution in [3.8, 4) is 0 Å². The van der Waals surface area contributed by atoms with Crippen LogP contribution in [0.4, 0.5) is 26.3 Å². The van der Waals surface area contributed by atoms with Gasteiger partial charge in [-0.3, -0.25) is 9.59 Å². The molecule has 0 spiro atoms. The lowest BCUT2D eigenvalue weighted by Crippen LogP contribution is -2.38. The molecule has 0 unspecified atom stereocenters. The number of carbonyl (C=O) groups excluding carboxylic acids is 2. The van der Waals surface area contributed by atoms with Gasteiger partial charge in [0.05, 0.1) is 28.6 Å². The predicted octanol–water partition coefficient (Wildman–Crippen LogP) is 7.20. The van der Waals surface area contributed by atoms with E-state index >= 15 is 0 Å². The Morgan fingerprint density at radius 2 is 1.23 bits per heavy atom. The molecular formula is C27H18ClF6N3O2. The molecule has 202 valence electrons. The molecule has 0 atom stereocenters. The summed E-state index contributed by atoms with van der Waals surface area (Å²) >= 11 is 5.92. The van der Waals surface area contributed by atoms with Crippen LogP contribution >= 0.6 is 11.6 Å². The Bertz CT molecular complexity index is 1390. The summed E-state index contributed by atoms with van der Waals surface area (Å²) in [7, 11) is 0. The van der Waals surface area contributed by atoms with Crippen LogP contribution in [0.3, 0.4) is 0 Å². The van der Waals surface area contributed by atoms with Crippen LogP contribution in [-0.2, 0) is 12.4 Å². The molecule has 0 aliphatic rings. The second-order valence-electron chi connectivity index (χ2n) is 7.76. The smallest absolute Gasteiger partial charge is 0.390 e. The first-order valence-corrected chi connectivity index (χ1v) is 11.3. The average molecular weight is 566 g/mol. The first-order chi connectivity index (χ1) is 18.3. The van der Waals surface area contributed by atoms with Crippen molar-refractivity contribution in [2.45, 2.75) is 12.4 Å². The van der Waals surface area contributed by atoms with Gasteiger partial charge in [0.1, 0.15) is 0 Å². The van der Waals surface area contributed by atoms with E-state index in [9.17, 15) is 35.9 Å². The zero-order chi connectivity index (χ0) is 29.0. The summed E-state index contributed by atoms with van der Waals surface area (Å²) in [5.41, 5.74) is 0.722. The summed E-state index contributed by atoms with van der Waals surface area (Å²) in [5.74, 6) is -3.86. The topological polar surface area (TPSA) is 75.8 Å². The highest BCUT2D eigenvalue weighted by molar-refractivity contribution is 6.30. The van der Waals surface area contributed by atoms with E-state index in [-0.39, 0.29) is 16.0 Å². The molecule has 0 fully saturated rings. The van der Waals surface area contributed by atoms with Crippen molar-refractivity contribution in [2.24, 2.45) is 10.7 Å². The van der Waals surface area contributed by atoms with Gasteiger partial charge in [0, 0.05) is 10.6 Å². The summed E-state index contributed by atoms with van der Waals surface area (Å²) in [6, 6.07) is 12.7. The summed E-state index contributed by atoms with van der Waals surface area (Å²) < 4.78 is 82.8. The van der Waals surface area contributed by atoms with E-state index in [2.05, 4.69) is 11.6 Å². The Morgan fingerprint density at radius 3 is 1.62 bits per heavy atom. The number of alkyl halides is 6. The second kappa shape index (κ2) is 11.6. The molecule has 39 heavy (non-hydrogen) atoms. The molecule has 0 heterocycles. The Labute approximate surface area is 223 Å². The van der Waals surface area contributed by atoms with Crippen LogP contribution in [0, 0.1) is 0 Å². The van der Waals surface area contributed by atoms with Gasteiger partial charge in [-0.25, -0.2) is 9.89 Å². The summed E-state index contributed by atoms with van der Waals surface area (Å²) in [6.07, 6.45) is -8.33. The highest BCUT2D eigenvalue weighted by Crippen LogP contribution is 2.36. The molecule has 0 aromatic heterocycles. The molecular weight excluding hydrogens is 548 g/mol. The minimum atomic E-state index is -5.04. The summed E-state index contributed by atoms with van der Waals surface area (Å²) in [6.45, 7) is 3.61. The predicted molar refractivity (Wildman–Crippen MR) is 135 cm³/mol. The van der Waals surface area contributed by atoms with E-state index in [0.717, 1.165) is 42.5 Å². The molecule has 0 radical (unpaired) electrons. The van der Waals surface area contributed by atoms with Crippen molar-refractivity contribution >= 4 is 35.3 Å². The second-order valence-corrected chi connectivity index (χ2v) is 8.20. The molecule has 2 amide bonds. The number of halogens is 7. The Morgan fingerprint density at radius 1 is 0.795 bits per heavy atom. The van der Waals surface area contributed by atoms with Gasteiger partial charge in [-0.1, -0.05) is 60.7 Å². The number of nitrogens with two attached hydrogens (primary N) is 1. The van der Waals surface area contributed by atoms with Crippen molar-refractivity contribution < 1.29 is 35.9 Å². The standard InChI is InChI=1S/C27H18ClF6N3O2/c1-2-18(16-11-13-17(28)14-12-16)23(36-15-35)37(24(38)19-7-3-5-9-21(19)26(29,30)31)25(39)20-8-4-6-10-22(20)27(32,33)34/h2-15H,1H2,(H2,35,36)/b23-18-. The van der Waals surface area contributed by atoms with E-state index in [4.69, 9.17) is 17.3 Å². The van der Waals surface area contributed by atoms with Crippen LogP contribution in [0.15, 0.2) is 96.3 Å². The van der Waals surface area contributed by atoms with Crippen molar-refractivity contribution in [1.82, 2.24) is 4.90 Å². The van der Waals surface area contributed by atoms with Crippen LogP contribution < -0.4 is 5.73 Å². The lowest BCUT2D eigenvalue weighted by Gasteiger charge is -2.26. The van der Waals surface area contributed by atoms with Crippen LogP contribution in [0.2, 0.25) is 5.02 Å².